The summed E-state index contributed by atoms with van der Waals surface area (Å²) in [4.78, 5) is 13.1. The highest BCUT2D eigenvalue weighted by molar-refractivity contribution is 5.56. The van der Waals surface area contributed by atoms with Crippen molar-refractivity contribution in [3.63, 3.8) is 0 Å². The number of aliphatic hydroxyl groups excluding tert-OH is 1. The Labute approximate surface area is 143 Å². The lowest BCUT2D eigenvalue weighted by Gasteiger charge is -2.14. The normalized spacial score (nSPS) is 12.4. The van der Waals surface area contributed by atoms with Crippen LogP contribution in [-0.4, -0.2) is 45.9 Å². The highest BCUT2D eigenvalue weighted by Crippen LogP contribution is 2.17. The molecule has 6 nitrogen and oxygen atoms in total. The van der Waals surface area contributed by atoms with Crippen LogP contribution in [0.25, 0.3) is 11.4 Å². The molecule has 1 atom stereocenters. The summed E-state index contributed by atoms with van der Waals surface area (Å²) in [6.45, 7) is 7.56. The summed E-state index contributed by atoms with van der Waals surface area (Å²) in [6.07, 6.45) is 3.68. The van der Waals surface area contributed by atoms with E-state index in [1.807, 2.05) is 18.2 Å². The predicted octanol–water partition coefficient (Wildman–Crippen LogP) is 2.55. The van der Waals surface area contributed by atoms with Crippen molar-refractivity contribution in [3.8, 4) is 11.4 Å². The van der Waals surface area contributed by atoms with Crippen molar-refractivity contribution in [2.75, 3.05) is 25.1 Å². The molecule has 2 aromatic rings. The fourth-order valence-corrected chi connectivity index (χ4v) is 2.12. The Bertz CT molecular complexity index is 620. The van der Waals surface area contributed by atoms with E-state index >= 15 is 0 Å². The lowest BCUT2D eigenvalue weighted by molar-refractivity contribution is 0.0317. The second-order valence-electron chi connectivity index (χ2n) is 6.12. The standard InChI is InChI=1S/C18H26N4O2/c1-4-15-9-17(20-10-16(23)12-24-11-13(2)3)22-18(21-15)14-5-7-19-8-6-14/h5-9,13,16,23H,4,10-12H2,1-3H3,(H,20,21,22). The Morgan fingerprint density at radius 3 is 2.58 bits per heavy atom. The summed E-state index contributed by atoms with van der Waals surface area (Å²) in [5.41, 5.74) is 1.87. The Balaban J connectivity index is 1.99. The van der Waals surface area contributed by atoms with Gasteiger partial charge in [-0.15, -0.1) is 0 Å². The highest BCUT2D eigenvalue weighted by Gasteiger charge is 2.09. The number of ether oxygens (including phenoxy) is 1. The molecule has 0 amide bonds. The van der Waals surface area contributed by atoms with Crippen molar-refractivity contribution in [1.29, 1.82) is 0 Å². The third-order valence-corrected chi connectivity index (χ3v) is 3.36. The number of aryl methyl sites for hydroxylation is 1. The molecule has 0 aliphatic rings. The van der Waals surface area contributed by atoms with Gasteiger partial charge in [-0.05, 0) is 24.5 Å². The summed E-state index contributed by atoms with van der Waals surface area (Å²) in [7, 11) is 0. The van der Waals surface area contributed by atoms with Crippen molar-refractivity contribution in [2.24, 2.45) is 5.92 Å². The molecular weight excluding hydrogens is 304 g/mol. The molecular formula is C18H26N4O2. The van der Waals surface area contributed by atoms with Gasteiger partial charge in [0.2, 0.25) is 0 Å². The first-order chi connectivity index (χ1) is 11.6. The molecule has 24 heavy (non-hydrogen) atoms. The fraction of sp³-hybridized carbons (Fsp3) is 0.500. The van der Waals surface area contributed by atoms with Gasteiger partial charge in [-0.25, -0.2) is 9.97 Å². The second-order valence-corrected chi connectivity index (χ2v) is 6.12. The second kappa shape index (κ2) is 9.30. The first-order valence-corrected chi connectivity index (χ1v) is 8.36. The maximum absolute atomic E-state index is 10.00. The van der Waals surface area contributed by atoms with E-state index in [-0.39, 0.29) is 0 Å². The third kappa shape index (κ3) is 5.86. The van der Waals surface area contributed by atoms with Crippen LogP contribution in [0.15, 0.2) is 30.6 Å². The Morgan fingerprint density at radius 1 is 1.17 bits per heavy atom. The van der Waals surface area contributed by atoms with Crippen LogP contribution in [0, 0.1) is 5.92 Å². The summed E-state index contributed by atoms with van der Waals surface area (Å²) < 4.78 is 5.45. The van der Waals surface area contributed by atoms with Gasteiger partial charge in [-0.1, -0.05) is 20.8 Å². The van der Waals surface area contributed by atoms with E-state index in [1.165, 1.54) is 0 Å². The van der Waals surface area contributed by atoms with Gasteiger partial charge in [0.15, 0.2) is 5.82 Å². The van der Waals surface area contributed by atoms with Crippen LogP contribution < -0.4 is 5.32 Å². The zero-order valence-electron chi connectivity index (χ0n) is 14.6. The van der Waals surface area contributed by atoms with Gasteiger partial charge in [-0.3, -0.25) is 4.98 Å². The monoisotopic (exact) mass is 330 g/mol. The quantitative estimate of drug-likeness (QED) is 0.735. The molecule has 0 aliphatic carbocycles. The largest absolute Gasteiger partial charge is 0.389 e. The number of nitrogens with zero attached hydrogens (tertiary/aromatic N) is 3. The van der Waals surface area contributed by atoms with E-state index in [1.54, 1.807) is 12.4 Å². The van der Waals surface area contributed by atoms with Gasteiger partial charge in [0.05, 0.1) is 12.7 Å². The van der Waals surface area contributed by atoms with Crippen LogP contribution in [0.5, 0.6) is 0 Å². The molecule has 2 rings (SSSR count). The summed E-state index contributed by atoms with van der Waals surface area (Å²) in [5.74, 6) is 1.82. The van der Waals surface area contributed by atoms with Gasteiger partial charge in [-0.2, -0.15) is 0 Å². The van der Waals surface area contributed by atoms with Crippen molar-refractivity contribution in [3.05, 3.63) is 36.3 Å². The maximum atomic E-state index is 10.00. The SMILES string of the molecule is CCc1cc(NCC(O)COCC(C)C)nc(-c2ccncc2)n1. The van der Waals surface area contributed by atoms with Gasteiger partial charge in [0.25, 0.3) is 0 Å². The van der Waals surface area contributed by atoms with E-state index in [9.17, 15) is 5.11 Å². The summed E-state index contributed by atoms with van der Waals surface area (Å²) >= 11 is 0. The lowest BCUT2D eigenvalue weighted by atomic mass is 10.2. The highest BCUT2D eigenvalue weighted by atomic mass is 16.5. The van der Waals surface area contributed by atoms with E-state index in [0.717, 1.165) is 17.7 Å². The number of aliphatic hydroxyl groups is 1. The predicted molar refractivity (Wildman–Crippen MR) is 94.8 cm³/mol. The Kier molecular flexibility index (Phi) is 7.08. The molecule has 0 saturated carbocycles. The van der Waals surface area contributed by atoms with E-state index in [4.69, 9.17) is 4.74 Å². The smallest absolute Gasteiger partial charge is 0.161 e. The summed E-state index contributed by atoms with van der Waals surface area (Å²) in [6, 6.07) is 5.67. The minimum absolute atomic E-state index is 0.314. The van der Waals surface area contributed by atoms with Crippen LogP contribution in [0.3, 0.4) is 0 Å². The van der Waals surface area contributed by atoms with Crippen molar-refractivity contribution >= 4 is 5.82 Å². The number of pyridine rings is 1. The summed E-state index contributed by atoms with van der Waals surface area (Å²) in [5, 5.41) is 13.2. The van der Waals surface area contributed by atoms with Gasteiger partial charge < -0.3 is 15.2 Å². The average Bonchev–Trinajstić information content (AvgIpc) is 2.60. The molecule has 0 bridgehead atoms. The first-order valence-electron chi connectivity index (χ1n) is 8.36. The van der Waals surface area contributed by atoms with E-state index in [0.29, 0.717) is 37.3 Å². The molecule has 0 spiro atoms. The van der Waals surface area contributed by atoms with Crippen LogP contribution >= 0.6 is 0 Å². The fourth-order valence-electron chi connectivity index (χ4n) is 2.12. The van der Waals surface area contributed by atoms with Crippen LogP contribution in [0.4, 0.5) is 5.82 Å². The topological polar surface area (TPSA) is 80.2 Å². The van der Waals surface area contributed by atoms with Crippen LogP contribution in [0.1, 0.15) is 26.5 Å². The van der Waals surface area contributed by atoms with Crippen molar-refractivity contribution in [1.82, 2.24) is 15.0 Å². The van der Waals surface area contributed by atoms with Gasteiger partial charge in [0, 0.05) is 42.9 Å². The average molecular weight is 330 g/mol. The molecule has 2 N–H and O–H groups in total. The zero-order valence-corrected chi connectivity index (χ0v) is 14.6. The third-order valence-electron chi connectivity index (χ3n) is 3.36. The molecule has 130 valence electrons. The van der Waals surface area contributed by atoms with Gasteiger partial charge in [0.1, 0.15) is 5.82 Å². The minimum atomic E-state index is -0.576. The molecule has 0 radical (unpaired) electrons. The molecule has 0 aliphatic heterocycles. The number of nitrogens with one attached hydrogen (secondary N) is 1. The molecule has 6 heteroatoms. The van der Waals surface area contributed by atoms with Crippen LogP contribution in [-0.2, 0) is 11.2 Å². The zero-order chi connectivity index (χ0) is 17.4. The first kappa shape index (κ1) is 18.3. The van der Waals surface area contributed by atoms with Crippen molar-refractivity contribution in [2.45, 2.75) is 33.3 Å². The molecule has 2 heterocycles. The number of hydrogen-bond acceptors (Lipinski definition) is 6. The molecule has 0 aromatic carbocycles. The number of aromatic nitrogens is 3. The minimum Gasteiger partial charge on any atom is -0.389 e. The van der Waals surface area contributed by atoms with E-state index < -0.39 is 6.10 Å². The molecule has 1 unspecified atom stereocenters. The maximum Gasteiger partial charge on any atom is 0.161 e. The molecule has 2 aromatic heterocycles. The lowest BCUT2D eigenvalue weighted by Crippen LogP contribution is -2.26. The number of hydrogen-bond donors (Lipinski definition) is 2. The Hall–Kier alpha value is -2.05. The van der Waals surface area contributed by atoms with Gasteiger partial charge >= 0.3 is 0 Å². The van der Waals surface area contributed by atoms with Crippen LogP contribution in [0.2, 0.25) is 0 Å². The number of rotatable bonds is 9. The molecule has 0 saturated heterocycles. The van der Waals surface area contributed by atoms with E-state index in [2.05, 4.69) is 41.0 Å². The molecule has 0 fully saturated rings. The number of anilines is 1. The van der Waals surface area contributed by atoms with Crippen molar-refractivity contribution < 1.29 is 9.84 Å². The Morgan fingerprint density at radius 2 is 1.92 bits per heavy atom.